The molecule has 0 atom stereocenters. The predicted octanol–water partition coefficient (Wildman–Crippen LogP) is 1.51. The number of rotatable bonds is 4. The van der Waals surface area contributed by atoms with Gasteiger partial charge in [0.15, 0.2) is 6.39 Å². The van der Waals surface area contributed by atoms with Crippen molar-refractivity contribution < 1.29 is 9.15 Å². The first-order chi connectivity index (χ1) is 4.93. The predicted molar refractivity (Wildman–Crippen MR) is 39.7 cm³/mol. The normalized spacial score (nSPS) is 10.1. The quantitative estimate of drug-likeness (QED) is 0.492. The molecule has 0 aromatic carbocycles. The summed E-state index contributed by atoms with van der Waals surface area (Å²) in [4.78, 5) is 3.75. The van der Waals surface area contributed by atoms with Gasteiger partial charge < -0.3 is 9.15 Å². The van der Waals surface area contributed by atoms with E-state index in [9.17, 15) is 0 Å². The second-order valence-corrected chi connectivity index (χ2v) is 2.54. The van der Waals surface area contributed by atoms with Crippen molar-refractivity contribution in [3.05, 3.63) is 18.4 Å². The SMILES string of the molecule is CSCOCc1cnco1. The smallest absolute Gasteiger partial charge is 0.180 e. The third-order valence-corrected chi connectivity index (χ3v) is 1.33. The number of thioether (sulfide) groups is 1. The van der Waals surface area contributed by atoms with E-state index in [-0.39, 0.29) is 0 Å². The zero-order valence-corrected chi connectivity index (χ0v) is 6.56. The number of oxazole rings is 1. The van der Waals surface area contributed by atoms with Crippen LogP contribution in [0, 0.1) is 0 Å². The van der Waals surface area contributed by atoms with Gasteiger partial charge in [-0.1, -0.05) is 0 Å². The maximum absolute atomic E-state index is 5.16. The highest BCUT2D eigenvalue weighted by Gasteiger charge is 1.93. The lowest BCUT2D eigenvalue weighted by molar-refractivity contribution is 0.150. The van der Waals surface area contributed by atoms with Crippen LogP contribution in [0.15, 0.2) is 17.0 Å². The second kappa shape index (κ2) is 4.35. The summed E-state index contributed by atoms with van der Waals surface area (Å²) in [6.07, 6.45) is 5.04. The first kappa shape index (κ1) is 7.63. The molecule has 0 unspecified atom stereocenters. The Labute approximate surface area is 63.8 Å². The Hall–Kier alpha value is -0.480. The largest absolute Gasteiger partial charge is 0.446 e. The Bertz CT molecular complexity index is 164. The minimum Gasteiger partial charge on any atom is -0.446 e. The van der Waals surface area contributed by atoms with Crippen LogP contribution in [0.5, 0.6) is 0 Å². The fourth-order valence-electron chi connectivity index (χ4n) is 0.539. The van der Waals surface area contributed by atoms with Gasteiger partial charge in [-0.15, -0.1) is 11.8 Å². The maximum Gasteiger partial charge on any atom is 0.180 e. The zero-order chi connectivity index (χ0) is 7.23. The van der Waals surface area contributed by atoms with Gasteiger partial charge in [-0.05, 0) is 6.26 Å². The molecule has 0 amide bonds. The fraction of sp³-hybridized carbons (Fsp3) is 0.500. The Morgan fingerprint density at radius 1 is 1.80 bits per heavy atom. The van der Waals surface area contributed by atoms with Gasteiger partial charge in [-0.25, -0.2) is 4.98 Å². The average Bonchev–Trinajstić information content (AvgIpc) is 2.41. The van der Waals surface area contributed by atoms with E-state index in [1.165, 1.54) is 6.39 Å². The molecule has 1 heterocycles. The molecule has 10 heavy (non-hydrogen) atoms. The number of ether oxygens (including phenoxy) is 1. The summed E-state index contributed by atoms with van der Waals surface area (Å²) in [6.45, 7) is 0.515. The van der Waals surface area contributed by atoms with E-state index in [1.807, 2.05) is 6.26 Å². The summed E-state index contributed by atoms with van der Waals surface area (Å²) in [7, 11) is 0. The minimum absolute atomic E-state index is 0.515. The average molecular weight is 159 g/mol. The van der Waals surface area contributed by atoms with Crippen molar-refractivity contribution in [2.75, 3.05) is 12.2 Å². The molecule has 0 radical (unpaired) electrons. The van der Waals surface area contributed by atoms with Crippen molar-refractivity contribution >= 4 is 11.8 Å². The van der Waals surface area contributed by atoms with Crippen molar-refractivity contribution in [1.29, 1.82) is 0 Å². The van der Waals surface area contributed by atoms with Crippen molar-refractivity contribution in [3.8, 4) is 0 Å². The lowest BCUT2D eigenvalue weighted by Gasteiger charge is -1.95. The molecule has 1 rings (SSSR count). The van der Waals surface area contributed by atoms with E-state index in [4.69, 9.17) is 9.15 Å². The van der Waals surface area contributed by atoms with Crippen LogP contribution in [0.2, 0.25) is 0 Å². The van der Waals surface area contributed by atoms with E-state index >= 15 is 0 Å². The Balaban J connectivity index is 2.15. The van der Waals surface area contributed by atoms with Crippen LogP contribution in [0.1, 0.15) is 5.76 Å². The van der Waals surface area contributed by atoms with Crippen LogP contribution >= 0.6 is 11.8 Å². The first-order valence-corrected chi connectivity index (χ1v) is 4.27. The standard InChI is InChI=1S/C6H9NO2S/c1-10-5-8-3-6-2-7-4-9-6/h2,4H,3,5H2,1H3. The molecular weight excluding hydrogens is 150 g/mol. The highest BCUT2D eigenvalue weighted by molar-refractivity contribution is 7.98. The molecule has 0 spiro atoms. The van der Waals surface area contributed by atoms with E-state index in [0.29, 0.717) is 12.5 Å². The van der Waals surface area contributed by atoms with Crippen molar-refractivity contribution in [3.63, 3.8) is 0 Å². The van der Waals surface area contributed by atoms with Gasteiger partial charge in [0.25, 0.3) is 0 Å². The molecular formula is C6H9NO2S. The van der Waals surface area contributed by atoms with E-state index in [0.717, 1.165) is 5.76 Å². The summed E-state index contributed by atoms with van der Waals surface area (Å²) >= 11 is 1.64. The second-order valence-electron chi connectivity index (χ2n) is 1.72. The van der Waals surface area contributed by atoms with Gasteiger partial charge in [0.2, 0.25) is 0 Å². The number of nitrogens with zero attached hydrogens (tertiary/aromatic N) is 1. The molecule has 1 aromatic rings. The molecule has 0 aliphatic carbocycles. The molecule has 3 nitrogen and oxygen atoms in total. The van der Waals surface area contributed by atoms with Crippen molar-refractivity contribution in [1.82, 2.24) is 4.98 Å². The van der Waals surface area contributed by atoms with Gasteiger partial charge in [0.1, 0.15) is 12.4 Å². The monoisotopic (exact) mass is 159 g/mol. The number of hydrogen-bond donors (Lipinski definition) is 0. The van der Waals surface area contributed by atoms with Crippen LogP contribution in [-0.4, -0.2) is 17.2 Å². The fourth-order valence-corrected chi connectivity index (χ4v) is 0.789. The third kappa shape index (κ3) is 2.41. The topological polar surface area (TPSA) is 35.3 Å². The maximum atomic E-state index is 5.16. The molecule has 4 heteroatoms. The number of aromatic nitrogens is 1. The van der Waals surface area contributed by atoms with E-state index in [2.05, 4.69) is 4.98 Å². The molecule has 0 aliphatic heterocycles. The Morgan fingerprint density at radius 2 is 2.70 bits per heavy atom. The van der Waals surface area contributed by atoms with E-state index < -0.39 is 0 Å². The van der Waals surface area contributed by atoms with Crippen LogP contribution in [0.25, 0.3) is 0 Å². The van der Waals surface area contributed by atoms with Crippen LogP contribution in [-0.2, 0) is 11.3 Å². The van der Waals surface area contributed by atoms with Crippen molar-refractivity contribution in [2.45, 2.75) is 6.61 Å². The van der Waals surface area contributed by atoms with E-state index in [1.54, 1.807) is 18.0 Å². The lowest BCUT2D eigenvalue weighted by Crippen LogP contribution is -1.88. The number of hydrogen-bond acceptors (Lipinski definition) is 4. The highest BCUT2D eigenvalue weighted by Crippen LogP contribution is 2.01. The molecule has 0 aliphatic rings. The summed E-state index contributed by atoms with van der Waals surface area (Å²) in [5.74, 6) is 1.47. The molecule has 0 saturated carbocycles. The van der Waals surface area contributed by atoms with Crippen molar-refractivity contribution in [2.24, 2.45) is 0 Å². The van der Waals surface area contributed by atoms with Gasteiger partial charge in [0, 0.05) is 0 Å². The molecule has 0 saturated heterocycles. The summed E-state index contributed by atoms with van der Waals surface area (Å²) in [5, 5.41) is 0. The highest BCUT2D eigenvalue weighted by atomic mass is 32.2. The molecule has 1 aromatic heterocycles. The summed E-state index contributed by atoms with van der Waals surface area (Å²) in [6, 6.07) is 0. The lowest BCUT2D eigenvalue weighted by atomic mass is 10.6. The van der Waals surface area contributed by atoms with Crippen LogP contribution < -0.4 is 0 Å². The molecule has 0 fully saturated rings. The Morgan fingerprint density at radius 3 is 3.30 bits per heavy atom. The van der Waals surface area contributed by atoms with Gasteiger partial charge in [-0.3, -0.25) is 0 Å². The minimum atomic E-state index is 0.515. The Kier molecular flexibility index (Phi) is 3.32. The van der Waals surface area contributed by atoms with Crippen LogP contribution in [0.4, 0.5) is 0 Å². The van der Waals surface area contributed by atoms with Gasteiger partial charge in [-0.2, -0.15) is 0 Å². The molecule has 0 N–H and O–H groups in total. The van der Waals surface area contributed by atoms with Gasteiger partial charge in [0.05, 0.1) is 12.1 Å². The zero-order valence-electron chi connectivity index (χ0n) is 5.74. The van der Waals surface area contributed by atoms with Gasteiger partial charge >= 0.3 is 0 Å². The third-order valence-electron chi connectivity index (χ3n) is 0.929. The van der Waals surface area contributed by atoms with Crippen LogP contribution in [0.3, 0.4) is 0 Å². The molecule has 56 valence electrons. The first-order valence-electron chi connectivity index (χ1n) is 2.87. The summed E-state index contributed by atoms with van der Waals surface area (Å²) < 4.78 is 10.1. The summed E-state index contributed by atoms with van der Waals surface area (Å²) in [5.41, 5.74) is 0. The molecule has 0 bridgehead atoms.